The standard InChI is InChI=1S/C15H16FN3O2S/c16-12-3-1-2-4-13(12)19-10-11(9-17-19)18-14(20)15(21)5-7-22-8-6-15/h1-4,9-10,21H,5-8H2,(H,18,20). The van der Waals surface area contributed by atoms with Crippen molar-refractivity contribution < 1.29 is 14.3 Å². The van der Waals surface area contributed by atoms with Crippen LogP contribution in [-0.2, 0) is 4.79 Å². The normalized spacial score (nSPS) is 17.2. The highest BCUT2D eigenvalue weighted by Gasteiger charge is 2.37. The Morgan fingerprint density at radius 2 is 2.09 bits per heavy atom. The molecular formula is C15H16FN3O2S. The summed E-state index contributed by atoms with van der Waals surface area (Å²) < 4.78 is 15.1. The van der Waals surface area contributed by atoms with Crippen LogP contribution < -0.4 is 5.32 Å². The molecule has 0 atom stereocenters. The van der Waals surface area contributed by atoms with Crippen LogP contribution >= 0.6 is 11.8 Å². The Labute approximate surface area is 131 Å². The first-order valence-electron chi connectivity index (χ1n) is 7.00. The average molecular weight is 321 g/mol. The molecule has 1 aliphatic heterocycles. The van der Waals surface area contributed by atoms with Gasteiger partial charge in [0.25, 0.3) is 5.91 Å². The number of halogens is 1. The lowest BCUT2D eigenvalue weighted by Gasteiger charge is -2.29. The lowest BCUT2D eigenvalue weighted by atomic mass is 9.96. The lowest BCUT2D eigenvalue weighted by Crippen LogP contribution is -2.45. The first kappa shape index (κ1) is 15.1. The van der Waals surface area contributed by atoms with Crippen LogP contribution in [0.2, 0.25) is 0 Å². The molecule has 116 valence electrons. The highest BCUT2D eigenvalue weighted by atomic mass is 32.2. The number of amides is 1. The number of para-hydroxylation sites is 1. The summed E-state index contributed by atoms with van der Waals surface area (Å²) in [5.41, 5.74) is -0.596. The number of thioether (sulfide) groups is 1. The topological polar surface area (TPSA) is 67.2 Å². The van der Waals surface area contributed by atoms with Gasteiger partial charge in [-0.3, -0.25) is 4.79 Å². The van der Waals surface area contributed by atoms with Crippen molar-refractivity contribution in [1.82, 2.24) is 9.78 Å². The second-order valence-corrected chi connectivity index (χ2v) is 6.45. The molecule has 0 unspecified atom stereocenters. The van der Waals surface area contributed by atoms with Crippen LogP contribution in [0.3, 0.4) is 0 Å². The minimum Gasteiger partial charge on any atom is -0.380 e. The second-order valence-electron chi connectivity index (χ2n) is 5.22. The number of hydrogen-bond donors (Lipinski definition) is 2. The monoisotopic (exact) mass is 321 g/mol. The third kappa shape index (κ3) is 3.00. The largest absolute Gasteiger partial charge is 0.380 e. The van der Waals surface area contributed by atoms with Crippen molar-refractivity contribution in [1.29, 1.82) is 0 Å². The molecule has 7 heteroatoms. The maximum atomic E-state index is 13.7. The molecule has 0 bridgehead atoms. The molecule has 1 amide bonds. The zero-order chi connectivity index (χ0) is 15.6. The number of carbonyl (C=O) groups is 1. The fourth-order valence-corrected chi connectivity index (χ4v) is 3.51. The predicted octanol–water partition coefficient (Wildman–Crippen LogP) is 2.21. The lowest BCUT2D eigenvalue weighted by molar-refractivity contribution is -0.134. The summed E-state index contributed by atoms with van der Waals surface area (Å²) >= 11 is 1.73. The number of benzene rings is 1. The van der Waals surface area contributed by atoms with E-state index in [4.69, 9.17) is 0 Å². The molecule has 2 heterocycles. The summed E-state index contributed by atoms with van der Waals surface area (Å²) in [7, 11) is 0. The van der Waals surface area contributed by atoms with Crippen LogP contribution in [0.5, 0.6) is 0 Å². The van der Waals surface area contributed by atoms with Crippen molar-refractivity contribution in [2.45, 2.75) is 18.4 Å². The van der Waals surface area contributed by atoms with Gasteiger partial charge in [0.05, 0.1) is 18.1 Å². The van der Waals surface area contributed by atoms with Crippen molar-refractivity contribution in [3.05, 3.63) is 42.5 Å². The predicted molar refractivity (Wildman–Crippen MR) is 83.7 cm³/mol. The molecule has 1 fully saturated rings. The molecule has 2 aromatic rings. The van der Waals surface area contributed by atoms with Crippen LogP contribution in [0.1, 0.15) is 12.8 Å². The number of aromatic nitrogens is 2. The van der Waals surface area contributed by atoms with Gasteiger partial charge in [0.2, 0.25) is 0 Å². The molecule has 3 rings (SSSR count). The highest BCUT2D eigenvalue weighted by Crippen LogP contribution is 2.28. The van der Waals surface area contributed by atoms with Gasteiger partial charge in [-0.2, -0.15) is 16.9 Å². The zero-order valence-corrected chi connectivity index (χ0v) is 12.6. The number of rotatable bonds is 3. The smallest absolute Gasteiger partial charge is 0.256 e. The van der Waals surface area contributed by atoms with Crippen LogP contribution in [0.15, 0.2) is 36.7 Å². The number of anilines is 1. The summed E-state index contributed by atoms with van der Waals surface area (Å²) in [5, 5.41) is 17.1. The zero-order valence-electron chi connectivity index (χ0n) is 11.8. The van der Waals surface area contributed by atoms with Gasteiger partial charge in [-0.15, -0.1) is 0 Å². The summed E-state index contributed by atoms with van der Waals surface area (Å²) in [6.07, 6.45) is 3.83. The van der Waals surface area contributed by atoms with Gasteiger partial charge in [0.1, 0.15) is 17.1 Å². The first-order valence-corrected chi connectivity index (χ1v) is 8.15. The fourth-order valence-electron chi connectivity index (χ4n) is 2.34. The van der Waals surface area contributed by atoms with Gasteiger partial charge in [0.15, 0.2) is 0 Å². The van der Waals surface area contributed by atoms with Crippen molar-refractivity contribution in [3.8, 4) is 5.69 Å². The molecule has 0 saturated carbocycles. The van der Waals surface area contributed by atoms with Crippen LogP contribution in [0.4, 0.5) is 10.1 Å². The van der Waals surface area contributed by atoms with Crippen LogP contribution in [0.25, 0.3) is 5.69 Å². The molecule has 0 spiro atoms. The van der Waals surface area contributed by atoms with Gasteiger partial charge < -0.3 is 10.4 Å². The number of hydrogen-bond acceptors (Lipinski definition) is 4. The molecule has 1 aliphatic rings. The van der Waals surface area contributed by atoms with E-state index in [1.807, 2.05) is 0 Å². The van der Waals surface area contributed by atoms with E-state index >= 15 is 0 Å². The third-order valence-corrected chi connectivity index (χ3v) is 4.67. The van der Waals surface area contributed by atoms with Crippen molar-refractivity contribution >= 4 is 23.4 Å². The molecular weight excluding hydrogens is 305 g/mol. The molecule has 0 aliphatic carbocycles. The number of nitrogens with one attached hydrogen (secondary N) is 1. The van der Waals surface area contributed by atoms with Crippen LogP contribution in [0, 0.1) is 5.82 Å². The van der Waals surface area contributed by atoms with Gasteiger partial charge in [-0.25, -0.2) is 9.07 Å². The van der Waals surface area contributed by atoms with E-state index in [2.05, 4.69) is 10.4 Å². The molecule has 0 radical (unpaired) electrons. The molecule has 1 aromatic heterocycles. The van der Waals surface area contributed by atoms with Crippen molar-refractivity contribution in [2.75, 3.05) is 16.8 Å². The maximum absolute atomic E-state index is 13.7. The van der Waals surface area contributed by atoms with E-state index in [1.54, 1.807) is 30.0 Å². The Bertz CT molecular complexity index is 683. The number of nitrogens with zero attached hydrogens (tertiary/aromatic N) is 2. The third-order valence-electron chi connectivity index (χ3n) is 3.68. The number of carbonyl (C=O) groups excluding carboxylic acids is 1. The van der Waals surface area contributed by atoms with Crippen molar-refractivity contribution in [3.63, 3.8) is 0 Å². The first-order chi connectivity index (χ1) is 10.6. The van der Waals surface area contributed by atoms with E-state index in [0.29, 0.717) is 24.2 Å². The summed E-state index contributed by atoms with van der Waals surface area (Å²) in [6, 6.07) is 6.25. The molecule has 1 aromatic carbocycles. The Balaban J connectivity index is 1.74. The minimum atomic E-state index is -1.33. The molecule has 1 saturated heterocycles. The summed E-state index contributed by atoms with van der Waals surface area (Å²) in [5.74, 6) is 0.698. The van der Waals surface area contributed by atoms with Crippen molar-refractivity contribution in [2.24, 2.45) is 0 Å². The van der Waals surface area contributed by atoms with Gasteiger partial charge in [0, 0.05) is 0 Å². The van der Waals surface area contributed by atoms with Gasteiger partial charge in [-0.05, 0) is 36.5 Å². The maximum Gasteiger partial charge on any atom is 0.256 e. The molecule has 5 nitrogen and oxygen atoms in total. The minimum absolute atomic E-state index is 0.302. The second kappa shape index (κ2) is 6.10. The van der Waals surface area contributed by atoms with E-state index in [1.165, 1.54) is 23.1 Å². The quantitative estimate of drug-likeness (QED) is 0.909. The van der Waals surface area contributed by atoms with E-state index in [-0.39, 0.29) is 0 Å². The SMILES string of the molecule is O=C(Nc1cnn(-c2ccccc2F)c1)C1(O)CCSCC1. The number of aliphatic hydroxyl groups is 1. The summed E-state index contributed by atoms with van der Waals surface area (Å²) in [6.45, 7) is 0. The van der Waals surface area contributed by atoms with Gasteiger partial charge in [-0.1, -0.05) is 12.1 Å². The van der Waals surface area contributed by atoms with E-state index in [9.17, 15) is 14.3 Å². The van der Waals surface area contributed by atoms with Crippen LogP contribution in [-0.4, -0.2) is 37.9 Å². The molecule has 22 heavy (non-hydrogen) atoms. The summed E-state index contributed by atoms with van der Waals surface area (Å²) in [4.78, 5) is 12.2. The molecule has 2 N–H and O–H groups in total. The Morgan fingerprint density at radius 3 is 2.82 bits per heavy atom. The Hall–Kier alpha value is -1.86. The fraction of sp³-hybridized carbons (Fsp3) is 0.333. The van der Waals surface area contributed by atoms with E-state index < -0.39 is 17.3 Å². The average Bonchev–Trinajstić information content (AvgIpc) is 2.97. The Morgan fingerprint density at radius 1 is 1.36 bits per heavy atom. The van der Waals surface area contributed by atoms with E-state index in [0.717, 1.165) is 11.5 Å². The van der Waals surface area contributed by atoms with Gasteiger partial charge >= 0.3 is 0 Å². The Kier molecular flexibility index (Phi) is 4.17. The highest BCUT2D eigenvalue weighted by molar-refractivity contribution is 7.99.